The lowest BCUT2D eigenvalue weighted by atomic mass is 9.71. The molecule has 0 spiro atoms. The summed E-state index contributed by atoms with van der Waals surface area (Å²) in [7, 11) is 0. The van der Waals surface area contributed by atoms with E-state index in [-0.39, 0.29) is 35.4 Å². The number of nitrogens with one attached hydrogen (secondary N) is 1. The Hall–Kier alpha value is -5.07. The molecular weight excluding hydrogens is 677 g/mol. The van der Waals surface area contributed by atoms with Crippen LogP contribution in [0.15, 0.2) is 109 Å². The number of aryl methyl sites for hydroxylation is 2. The molecule has 1 amide bonds. The molecule has 284 valence electrons. The van der Waals surface area contributed by atoms with Gasteiger partial charge in [0.25, 0.3) is 0 Å². The summed E-state index contributed by atoms with van der Waals surface area (Å²) >= 11 is 0. The minimum absolute atomic E-state index is 0.0375. The van der Waals surface area contributed by atoms with Gasteiger partial charge in [-0.05, 0) is 84.8 Å². The van der Waals surface area contributed by atoms with E-state index in [0.717, 1.165) is 31.4 Å². The highest BCUT2D eigenvalue weighted by atomic mass is 16.2. The summed E-state index contributed by atoms with van der Waals surface area (Å²) < 4.78 is 2.34. The summed E-state index contributed by atoms with van der Waals surface area (Å²) in [4.78, 5) is 29.4. The maximum Gasteiger partial charge on any atom is 0.227 e. The van der Waals surface area contributed by atoms with Gasteiger partial charge in [-0.2, -0.15) is 4.58 Å². The number of nitrogens with two attached hydrogens (primary N) is 1. The van der Waals surface area contributed by atoms with Crippen molar-refractivity contribution in [1.82, 2.24) is 5.32 Å². The van der Waals surface area contributed by atoms with Crippen LogP contribution in [0.25, 0.3) is 21.5 Å². The van der Waals surface area contributed by atoms with Gasteiger partial charge in [0.15, 0.2) is 12.3 Å². The zero-order valence-corrected chi connectivity index (χ0v) is 33.5. The van der Waals surface area contributed by atoms with Gasteiger partial charge in [0, 0.05) is 53.9 Å². The average Bonchev–Trinajstić information content (AvgIpc) is 3.61. The van der Waals surface area contributed by atoms with Crippen LogP contribution in [0.2, 0.25) is 0 Å². The predicted octanol–water partition coefficient (Wildman–Crippen LogP) is 10.1. The summed E-state index contributed by atoms with van der Waals surface area (Å²) in [5.41, 5.74) is 16.0. The van der Waals surface area contributed by atoms with Crippen molar-refractivity contribution in [3.8, 4) is 0 Å². The van der Waals surface area contributed by atoms with Crippen LogP contribution in [0, 0.1) is 13.8 Å². The minimum atomic E-state index is -0.746. The number of hydrogen-bond donors (Lipinski definition) is 2. The average molecular weight is 734 g/mol. The van der Waals surface area contributed by atoms with E-state index in [2.05, 4.69) is 160 Å². The summed E-state index contributed by atoms with van der Waals surface area (Å²) in [6.07, 6.45) is 18.8. The fourth-order valence-corrected chi connectivity index (χ4v) is 9.89. The van der Waals surface area contributed by atoms with Crippen molar-refractivity contribution in [3.63, 3.8) is 0 Å². The molecule has 4 aromatic rings. The second-order valence-electron chi connectivity index (χ2n) is 15.7. The molecule has 3 heterocycles. The number of hydrogen-bond acceptors (Lipinski definition) is 4. The third-order valence-corrected chi connectivity index (χ3v) is 12.7. The second-order valence-corrected chi connectivity index (χ2v) is 15.7. The van der Waals surface area contributed by atoms with E-state index in [9.17, 15) is 9.59 Å². The van der Waals surface area contributed by atoms with Crippen molar-refractivity contribution in [3.05, 3.63) is 131 Å². The van der Waals surface area contributed by atoms with Crippen molar-refractivity contribution in [2.75, 3.05) is 18.0 Å². The van der Waals surface area contributed by atoms with Gasteiger partial charge >= 0.3 is 0 Å². The minimum Gasteiger partial charge on any atom is -0.343 e. The molecule has 7 rings (SSSR count). The van der Waals surface area contributed by atoms with Gasteiger partial charge in [-0.1, -0.05) is 112 Å². The quantitative estimate of drug-likeness (QED) is 0.205. The highest BCUT2D eigenvalue weighted by Crippen LogP contribution is 2.55. The van der Waals surface area contributed by atoms with E-state index >= 15 is 0 Å². The van der Waals surface area contributed by atoms with Gasteiger partial charge in [0.1, 0.15) is 5.78 Å². The zero-order chi connectivity index (χ0) is 38.9. The maximum atomic E-state index is 13.6. The number of anilines is 1. The number of carbonyl (C=O) groups is 2. The van der Waals surface area contributed by atoms with E-state index in [1.807, 2.05) is 0 Å². The van der Waals surface area contributed by atoms with Crippen molar-refractivity contribution in [2.45, 2.75) is 103 Å². The van der Waals surface area contributed by atoms with E-state index in [0.29, 0.717) is 19.5 Å². The van der Waals surface area contributed by atoms with E-state index in [1.54, 1.807) is 0 Å². The van der Waals surface area contributed by atoms with Crippen molar-refractivity contribution in [2.24, 2.45) is 5.73 Å². The summed E-state index contributed by atoms with van der Waals surface area (Å²) in [5, 5.41) is 7.98. The molecule has 6 nitrogen and oxygen atoms in total. The summed E-state index contributed by atoms with van der Waals surface area (Å²) in [5.74, 6) is -0.112. The fourth-order valence-electron chi connectivity index (χ4n) is 9.89. The fraction of sp³-hybridized carbons (Fsp3) is 0.367. The van der Waals surface area contributed by atoms with Crippen LogP contribution in [0.5, 0.6) is 0 Å². The summed E-state index contributed by atoms with van der Waals surface area (Å²) in [6, 6.07) is 22.4. The van der Waals surface area contributed by atoms with Gasteiger partial charge < -0.3 is 16.0 Å². The Balaban J connectivity index is 1.31. The highest BCUT2D eigenvalue weighted by Gasteiger charge is 2.50. The lowest BCUT2D eigenvalue weighted by Gasteiger charge is -2.32. The number of ketones is 1. The first-order chi connectivity index (χ1) is 26.6. The second kappa shape index (κ2) is 15.6. The largest absolute Gasteiger partial charge is 0.343 e. The molecule has 3 aliphatic rings. The lowest BCUT2D eigenvalue weighted by Crippen LogP contribution is -2.44. The number of fused-ring (bicyclic) bond motifs is 9. The van der Waals surface area contributed by atoms with E-state index in [1.165, 1.54) is 60.9 Å². The Morgan fingerprint density at radius 1 is 0.745 bits per heavy atom. The summed E-state index contributed by atoms with van der Waals surface area (Å²) in [6.45, 7) is 14.4. The Kier molecular flexibility index (Phi) is 10.8. The molecule has 0 radical (unpaired) electrons. The number of carbonyl (C=O) groups excluding carboxylic acids is 2. The molecule has 1 unspecified atom stereocenters. The van der Waals surface area contributed by atoms with Crippen molar-refractivity contribution in [1.29, 1.82) is 0 Å². The van der Waals surface area contributed by atoms with Crippen molar-refractivity contribution < 1.29 is 14.2 Å². The Morgan fingerprint density at radius 2 is 1.36 bits per heavy atom. The van der Waals surface area contributed by atoms with Gasteiger partial charge in [0.2, 0.25) is 11.6 Å². The van der Waals surface area contributed by atoms with Gasteiger partial charge in [0.05, 0.1) is 18.0 Å². The molecule has 0 bridgehead atoms. The standard InChI is InChI=1S/C49H56N4O2/c1-7-48(8-2)42-16-14-12-11-13-15-17-43-49(9-3,10-4)47-39-23-19-34(6)31-36(39)21-25-41(47)53(43)29-27-45(55)51-44(50)32-37(54)26-28-52(42)40-24-20-35-30-33(5)18-22-38(35)46(40)48/h11-25,30-31,44H,7-10,26-29,32,50H2,1-6H3/p+1. The molecule has 6 heteroatoms. The molecule has 0 aliphatic carbocycles. The van der Waals surface area contributed by atoms with Crippen molar-refractivity contribution >= 4 is 50.3 Å². The van der Waals surface area contributed by atoms with Gasteiger partial charge in [-0.3, -0.25) is 9.59 Å². The first-order valence-corrected chi connectivity index (χ1v) is 20.4. The third-order valence-electron chi connectivity index (χ3n) is 12.7. The first kappa shape index (κ1) is 38.2. The number of amides is 1. The predicted molar refractivity (Wildman–Crippen MR) is 230 cm³/mol. The van der Waals surface area contributed by atoms with E-state index < -0.39 is 6.17 Å². The number of Topliss-reactive ketones (excluding diaryl/α,β-unsaturated/α-hetero) is 1. The molecule has 3 aliphatic heterocycles. The van der Waals surface area contributed by atoms with Crippen LogP contribution in [0.3, 0.4) is 0 Å². The van der Waals surface area contributed by atoms with Crippen LogP contribution >= 0.6 is 0 Å². The van der Waals surface area contributed by atoms with Gasteiger partial charge in [-0.15, -0.1) is 0 Å². The SMILES string of the molecule is CCC1(CC)C2=[N+](CCC(=O)NC(N)CC(=O)CCN3/C(=C/C=C/C=C/C=C/2)C(CC)(CC)c2c3ccc3cc(C)ccc23)c2ccc3cc(C)ccc3c21. The van der Waals surface area contributed by atoms with Crippen LogP contribution in [-0.4, -0.2) is 41.2 Å². The Labute approximate surface area is 327 Å². The van der Waals surface area contributed by atoms with Crippen LogP contribution < -0.4 is 16.0 Å². The maximum absolute atomic E-state index is 13.6. The number of benzene rings is 4. The topological polar surface area (TPSA) is 78.4 Å². The Bertz CT molecular complexity index is 2310. The zero-order valence-electron chi connectivity index (χ0n) is 33.5. The van der Waals surface area contributed by atoms with E-state index in [4.69, 9.17) is 5.73 Å². The number of rotatable bonds is 4. The third kappa shape index (κ3) is 6.69. The smallest absolute Gasteiger partial charge is 0.227 e. The molecule has 3 N–H and O–H groups in total. The molecule has 4 aromatic carbocycles. The monoisotopic (exact) mass is 733 g/mol. The molecule has 0 saturated heterocycles. The van der Waals surface area contributed by atoms with Crippen LogP contribution in [0.4, 0.5) is 11.4 Å². The molecule has 0 aromatic heterocycles. The Morgan fingerprint density at radius 3 is 2.04 bits per heavy atom. The highest BCUT2D eigenvalue weighted by molar-refractivity contribution is 6.08. The number of allylic oxidation sites excluding steroid dienone is 8. The molecule has 55 heavy (non-hydrogen) atoms. The number of nitrogens with zero attached hydrogens (tertiary/aromatic N) is 2. The first-order valence-electron chi connectivity index (χ1n) is 20.4. The molecular formula is C49H57N4O2+. The lowest BCUT2D eigenvalue weighted by molar-refractivity contribution is -0.436. The van der Waals surface area contributed by atoms with Gasteiger partial charge in [-0.25, -0.2) is 0 Å². The normalized spacial score (nSPS) is 22.6. The van der Waals surface area contributed by atoms with Crippen LogP contribution in [-0.2, 0) is 20.4 Å². The molecule has 0 saturated carbocycles. The van der Waals surface area contributed by atoms with Crippen LogP contribution in [0.1, 0.15) is 94.9 Å². The molecule has 0 fully saturated rings. The molecule has 1 atom stereocenters.